The number of nitrogens with zero attached hydrogens (tertiary/aromatic N) is 5. The molecule has 0 spiro atoms. The van der Waals surface area contributed by atoms with Gasteiger partial charge < -0.3 is 25.8 Å². The third kappa shape index (κ3) is 13.1. The van der Waals surface area contributed by atoms with Crippen LogP contribution in [0.2, 0.25) is 0 Å². The van der Waals surface area contributed by atoms with Crippen LogP contribution in [0.25, 0.3) is 0 Å². The molecule has 0 saturated carbocycles. The lowest BCUT2D eigenvalue weighted by Crippen LogP contribution is -2.19. The molecule has 0 aliphatic carbocycles. The van der Waals surface area contributed by atoms with Crippen LogP contribution in [0.3, 0.4) is 0 Å². The first kappa shape index (κ1) is 47.1. The maximum absolute atomic E-state index is 13.1. The number of rotatable bonds is 9. The molecule has 2 amide bonds. The van der Waals surface area contributed by atoms with E-state index in [1.54, 1.807) is 79.7 Å². The topological polar surface area (TPSA) is 198 Å². The minimum Gasteiger partial charge on any atom is -0.870 e. The van der Waals surface area contributed by atoms with Crippen molar-refractivity contribution in [2.45, 2.75) is 26.2 Å². The number of carbonyl (C=O) groups excluding carboxylic acids is 3. The molecule has 4 aromatic carbocycles. The van der Waals surface area contributed by atoms with E-state index in [0.717, 1.165) is 21.8 Å². The number of Topliss-reactive ketones (excluding diaryl/α,β-unsaturated/α-hetero) is 1. The Balaban J connectivity index is 0.000000273. The Kier molecular flexibility index (Phi) is 16.4. The van der Waals surface area contributed by atoms with Crippen molar-refractivity contribution in [2.24, 2.45) is 25.1 Å². The zero-order valence-electron chi connectivity index (χ0n) is 32.1. The van der Waals surface area contributed by atoms with E-state index in [9.17, 15) is 40.7 Å². The molecule has 0 saturated heterocycles. The second-order valence-corrected chi connectivity index (χ2v) is 12.2. The van der Waals surface area contributed by atoms with Gasteiger partial charge in [0.2, 0.25) is 0 Å². The van der Waals surface area contributed by atoms with Crippen molar-refractivity contribution in [1.82, 2.24) is 19.6 Å². The fourth-order valence-electron chi connectivity index (χ4n) is 5.06. The lowest BCUT2D eigenvalue weighted by molar-refractivity contribution is -0.142. The molecular weight excluding hydrogens is 802 g/mol. The number of halogens is 6. The maximum Gasteiger partial charge on any atom is 0.435 e. The molecule has 20 heteroatoms. The van der Waals surface area contributed by atoms with Gasteiger partial charge in [0.05, 0.1) is 28.2 Å². The molecule has 2 aromatic heterocycles. The molecule has 0 fully saturated rings. The third-order valence-electron chi connectivity index (χ3n) is 7.71. The molecule has 0 unspecified atom stereocenters. The van der Waals surface area contributed by atoms with E-state index in [2.05, 4.69) is 30.8 Å². The molecule has 60 heavy (non-hydrogen) atoms. The molecule has 0 radical (unpaired) electrons. The lowest BCUT2D eigenvalue weighted by Gasteiger charge is -2.11. The van der Waals surface area contributed by atoms with Gasteiger partial charge in [0.1, 0.15) is 5.75 Å². The van der Waals surface area contributed by atoms with Crippen molar-refractivity contribution in [3.8, 4) is 11.5 Å². The average Bonchev–Trinajstić information content (AvgIpc) is 3.82. The summed E-state index contributed by atoms with van der Waals surface area (Å²) in [6.07, 6.45) is -7.48. The second kappa shape index (κ2) is 20.9. The van der Waals surface area contributed by atoms with Crippen LogP contribution in [0.5, 0.6) is 11.5 Å². The molecular formula is C40H37F6N8O6-. The number of oxime groups is 1. The number of benzene rings is 4. The largest absolute Gasteiger partial charge is 0.870 e. The van der Waals surface area contributed by atoms with Crippen molar-refractivity contribution in [2.75, 3.05) is 10.6 Å². The van der Waals surface area contributed by atoms with Crippen molar-refractivity contribution in [3.05, 3.63) is 155 Å². The van der Waals surface area contributed by atoms with E-state index in [0.29, 0.717) is 28.5 Å². The molecule has 14 nitrogen and oxygen atoms in total. The van der Waals surface area contributed by atoms with E-state index < -0.39 is 46.7 Å². The summed E-state index contributed by atoms with van der Waals surface area (Å²) in [6, 6.07) is 30.8. The number of alkyl halides is 6. The Morgan fingerprint density at radius 1 is 0.600 bits per heavy atom. The summed E-state index contributed by atoms with van der Waals surface area (Å²) < 4.78 is 79.9. The fourth-order valence-corrected chi connectivity index (χ4v) is 5.06. The van der Waals surface area contributed by atoms with Gasteiger partial charge in [-0.1, -0.05) is 71.9 Å². The minimum absolute atomic E-state index is 0. The number of anilines is 2. The van der Waals surface area contributed by atoms with E-state index in [-0.39, 0.29) is 22.5 Å². The summed E-state index contributed by atoms with van der Waals surface area (Å²) in [5.41, 5.74) is -2.07. The summed E-state index contributed by atoms with van der Waals surface area (Å²) in [4.78, 5) is 45.8. The molecule has 5 N–H and O–H groups in total. The zero-order valence-corrected chi connectivity index (χ0v) is 32.1. The highest BCUT2D eigenvalue weighted by Crippen LogP contribution is 2.32. The Labute approximate surface area is 338 Å². The summed E-state index contributed by atoms with van der Waals surface area (Å²) >= 11 is 0. The van der Waals surface area contributed by atoms with Gasteiger partial charge in [-0.05, 0) is 56.3 Å². The van der Waals surface area contributed by atoms with Gasteiger partial charge in [0.25, 0.3) is 11.8 Å². The number of amides is 2. The minimum atomic E-state index is -4.74. The Morgan fingerprint density at radius 3 is 1.38 bits per heavy atom. The molecule has 6 rings (SSSR count). The van der Waals surface area contributed by atoms with Gasteiger partial charge in [-0.25, -0.2) is 0 Å². The molecule has 0 atom stereocenters. The molecule has 0 bridgehead atoms. The maximum atomic E-state index is 13.1. The molecule has 6 aromatic rings. The molecule has 316 valence electrons. The van der Waals surface area contributed by atoms with Gasteiger partial charge in [-0.2, -0.15) is 42.4 Å². The van der Waals surface area contributed by atoms with Gasteiger partial charge >= 0.3 is 12.4 Å². The predicted octanol–water partition coefficient (Wildman–Crippen LogP) is 8.15. The number of nitrogens with one attached hydrogen (secondary N) is 2. The standard InChI is InChI=1S/C20H17F3N4O2.C14H12F3N3O2.C6H7NO.H2O/c1-13(26-29-14-8-4-3-5-9-14)15-10-6-7-11-17(15)24-19(28)16-12-27(2)25-18(16)20(21,22)23;1-8(21)9-5-3-4-6-11(9)18-13(22)10-7-20(2)19-12(10)14(15,16)17;7-8-6-4-2-1-3-5-6;/h3-12H,1-2H3,(H,24,28);3-7H,1-2H3,(H,18,22);1-5H,7H2;1H2/p-1. The first-order chi connectivity index (χ1) is 27.9. The average molecular weight is 840 g/mol. The van der Waals surface area contributed by atoms with Crippen LogP contribution in [0.15, 0.2) is 127 Å². The Bertz CT molecular complexity index is 2400. The highest BCUT2D eigenvalue weighted by Gasteiger charge is 2.40. The number of carbonyl (C=O) groups is 3. The van der Waals surface area contributed by atoms with Crippen LogP contribution < -0.4 is 26.2 Å². The van der Waals surface area contributed by atoms with Crippen LogP contribution in [-0.4, -0.2) is 48.3 Å². The molecule has 0 aliphatic rings. The highest BCUT2D eigenvalue weighted by molar-refractivity contribution is 6.11. The number of ketones is 1. The van der Waals surface area contributed by atoms with Crippen LogP contribution in [-0.2, 0) is 26.4 Å². The van der Waals surface area contributed by atoms with Crippen molar-refractivity contribution < 1.29 is 55.9 Å². The third-order valence-corrected chi connectivity index (χ3v) is 7.71. The van der Waals surface area contributed by atoms with Gasteiger partial charge in [-0.3, -0.25) is 23.7 Å². The molecule has 0 aliphatic heterocycles. The van der Waals surface area contributed by atoms with E-state index in [1.807, 2.05) is 24.3 Å². The summed E-state index contributed by atoms with van der Waals surface area (Å²) in [6.45, 7) is 2.97. The number of hydrogen-bond acceptors (Lipinski definition) is 10. The highest BCUT2D eigenvalue weighted by atomic mass is 19.4. The van der Waals surface area contributed by atoms with Crippen LogP contribution in [0, 0.1) is 0 Å². The van der Waals surface area contributed by atoms with Crippen molar-refractivity contribution in [3.63, 3.8) is 0 Å². The number of aromatic nitrogens is 4. The number of hydrogen-bond donors (Lipinski definition) is 3. The second-order valence-electron chi connectivity index (χ2n) is 12.2. The lowest BCUT2D eigenvalue weighted by atomic mass is 10.1. The van der Waals surface area contributed by atoms with E-state index in [1.165, 1.54) is 33.2 Å². The van der Waals surface area contributed by atoms with Gasteiger partial charge in [0.15, 0.2) is 22.9 Å². The number of aryl methyl sites for hydroxylation is 2. The van der Waals surface area contributed by atoms with Gasteiger partial charge in [-0.15, -0.1) is 0 Å². The van der Waals surface area contributed by atoms with Crippen LogP contribution >= 0.6 is 0 Å². The number of nitrogens with two attached hydrogens (primary N) is 1. The molecule has 2 heterocycles. The zero-order chi connectivity index (χ0) is 43.3. The normalized spacial score (nSPS) is 11.1. The summed E-state index contributed by atoms with van der Waals surface area (Å²) in [5.74, 6) is 3.86. The van der Waals surface area contributed by atoms with E-state index >= 15 is 0 Å². The quantitative estimate of drug-likeness (QED) is 0.0557. The first-order valence-electron chi connectivity index (χ1n) is 17.1. The van der Waals surface area contributed by atoms with Crippen LogP contribution in [0.1, 0.15) is 61.9 Å². The Hall–Kier alpha value is -7.32. The predicted molar refractivity (Wildman–Crippen MR) is 208 cm³/mol. The SMILES string of the molecule is CC(=NOc1ccccc1)c1ccccc1NC(=O)c1cn(C)nc1C(F)(F)F.CC(=O)c1ccccc1NC(=O)c1cn(C)nc1C(F)(F)F.NOc1ccccc1.[OH-]. The van der Waals surface area contributed by atoms with Crippen LogP contribution in [0.4, 0.5) is 37.7 Å². The number of para-hydroxylation sites is 4. The smallest absolute Gasteiger partial charge is 0.435 e. The van der Waals surface area contributed by atoms with Crippen molar-refractivity contribution in [1.29, 1.82) is 0 Å². The van der Waals surface area contributed by atoms with E-state index in [4.69, 9.17) is 10.7 Å². The summed E-state index contributed by atoms with van der Waals surface area (Å²) in [7, 11) is 2.60. The Morgan fingerprint density at radius 2 is 0.983 bits per heavy atom. The van der Waals surface area contributed by atoms with Gasteiger partial charge in [0, 0.05) is 37.6 Å². The summed E-state index contributed by atoms with van der Waals surface area (Å²) in [5, 5.41) is 15.5. The van der Waals surface area contributed by atoms with Crippen molar-refractivity contribution >= 4 is 34.7 Å². The monoisotopic (exact) mass is 839 g/mol. The fraction of sp³-hybridized carbons (Fsp3) is 0.150. The first-order valence-corrected chi connectivity index (χ1v) is 17.1.